The van der Waals surface area contributed by atoms with Crippen LogP contribution in [-0.4, -0.2) is 52.1 Å². The zero-order chi connectivity index (χ0) is 18.5. The molecule has 0 amide bonds. The zero-order valence-electron chi connectivity index (χ0n) is 16.7. The molecule has 0 fully saturated rings. The van der Waals surface area contributed by atoms with E-state index in [1.54, 1.807) is 0 Å². The normalized spacial score (nSPS) is 14.7. The maximum absolute atomic E-state index is 8.74. The highest BCUT2D eigenvalue weighted by atomic mass is 35.5. The molecule has 5 nitrogen and oxygen atoms in total. The van der Waals surface area contributed by atoms with Crippen molar-refractivity contribution in [2.24, 2.45) is 0 Å². The molecule has 0 atom stereocenters. The molecule has 2 rings (SSSR count). The molecule has 1 aromatic heterocycles. The molecule has 1 aliphatic heterocycles. The first kappa shape index (κ1) is 24.3. The number of halogens is 1. The molecule has 0 aliphatic carbocycles. The summed E-state index contributed by atoms with van der Waals surface area (Å²) >= 11 is 1.25. The summed E-state index contributed by atoms with van der Waals surface area (Å²) in [5.74, 6) is 0.722. The summed E-state index contributed by atoms with van der Waals surface area (Å²) in [5.41, 5.74) is 2.20. The van der Waals surface area contributed by atoms with Crippen molar-refractivity contribution in [3.8, 4) is 5.88 Å². The Kier molecular flexibility index (Phi) is 13.8. The Morgan fingerprint density at radius 2 is 1.63 bits per heavy atom. The molecule has 0 saturated heterocycles. The topological polar surface area (TPSA) is 58.5 Å². The minimum atomic E-state index is 0. The number of nitrogens with zero attached hydrogens (tertiary/aromatic N) is 3. The second-order valence-corrected chi connectivity index (χ2v) is 7.81. The summed E-state index contributed by atoms with van der Waals surface area (Å²) in [7, 11) is 2.14. The lowest BCUT2D eigenvalue weighted by Crippen LogP contribution is -2.25. The van der Waals surface area contributed by atoms with Gasteiger partial charge in [-0.15, -0.1) is 16.8 Å². The van der Waals surface area contributed by atoms with Gasteiger partial charge in [-0.1, -0.05) is 57.4 Å². The maximum atomic E-state index is 8.74. The first-order valence-electron chi connectivity index (χ1n) is 10.3. The van der Waals surface area contributed by atoms with Crippen molar-refractivity contribution in [3.05, 3.63) is 11.8 Å². The fourth-order valence-corrected chi connectivity index (χ4v) is 3.86. The van der Waals surface area contributed by atoms with E-state index in [1.807, 2.05) is 0 Å². The van der Waals surface area contributed by atoms with E-state index in [2.05, 4.69) is 26.8 Å². The van der Waals surface area contributed by atoms with Crippen LogP contribution in [0, 0.1) is 0 Å². The van der Waals surface area contributed by atoms with Crippen molar-refractivity contribution in [1.29, 1.82) is 0 Å². The Morgan fingerprint density at radius 1 is 1.00 bits per heavy atom. The summed E-state index contributed by atoms with van der Waals surface area (Å²) in [6.07, 6.45) is 15.7. The van der Waals surface area contributed by atoms with Gasteiger partial charge in [-0.25, -0.2) is 0 Å². The van der Waals surface area contributed by atoms with Crippen LogP contribution in [-0.2, 0) is 0 Å². The molecule has 27 heavy (non-hydrogen) atoms. The standard InChI is InChI=1S/C20H35N3O2S.ClH/c1-23-14-12-13-18(17-23)19-20(22-26-21-19)25-16-11-9-7-5-3-2-4-6-8-10-15-24;/h13,24H,2-12,14-17H2,1H3;1H. The number of hydrogen-bond donors (Lipinski definition) is 1. The molecule has 1 aromatic rings. The van der Waals surface area contributed by atoms with Crippen LogP contribution in [0.3, 0.4) is 0 Å². The number of hydrogen-bond acceptors (Lipinski definition) is 6. The van der Waals surface area contributed by atoms with Crippen LogP contribution < -0.4 is 4.74 Å². The monoisotopic (exact) mass is 417 g/mol. The van der Waals surface area contributed by atoms with Gasteiger partial charge >= 0.3 is 0 Å². The van der Waals surface area contributed by atoms with E-state index in [-0.39, 0.29) is 12.4 Å². The Balaban J connectivity index is 0.00000364. The lowest BCUT2D eigenvalue weighted by Gasteiger charge is -2.22. The van der Waals surface area contributed by atoms with Gasteiger partial charge in [0.2, 0.25) is 0 Å². The van der Waals surface area contributed by atoms with Gasteiger partial charge < -0.3 is 14.7 Å². The third-order valence-electron chi connectivity index (χ3n) is 4.90. The van der Waals surface area contributed by atoms with Crippen molar-refractivity contribution in [2.75, 3.05) is 33.4 Å². The van der Waals surface area contributed by atoms with Gasteiger partial charge in [0, 0.05) is 19.7 Å². The predicted octanol–water partition coefficient (Wildman–Crippen LogP) is 4.95. The molecule has 0 spiro atoms. The molecule has 0 bridgehead atoms. The average Bonchev–Trinajstić information content (AvgIpc) is 3.11. The van der Waals surface area contributed by atoms with Gasteiger partial charge in [0.15, 0.2) is 0 Å². The number of likely N-dealkylation sites (N-methyl/N-ethyl adjacent to an activating group) is 1. The van der Waals surface area contributed by atoms with Crippen molar-refractivity contribution < 1.29 is 9.84 Å². The van der Waals surface area contributed by atoms with Crippen LogP contribution in [0.2, 0.25) is 0 Å². The highest BCUT2D eigenvalue weighted by Gasteiger charge is 2.18. The van der Waals surface area contributed by atoms with E-state index in [9.17, 15) is 0 Å². The summed E-state index contributed by atoms with van der Waals surface area (Å²) in [5, 5.41) is 8.74. The Bertz CT molecular complexity index is 525. The number of aliphatic hydroxyl groups is 1. The third-order valence-corrected chi connectivity index (χ3v) is 5.41. The Morgan fingerprint density at radius 3 is 2.26 bits per heavy atom. The second-order valence-electron chi connectivity index (χ2n) is 7.28. The van der Waals surface area contributed by atoms with E-state index in [4.69, 9.17) is 9.84 Å². The van der Waals surface area contributed by atoms with Crippen molar-refractivity contribution in [1.82, 2.24) is 13.6 Å². The van der Waals surface area contributed by atoms with Crippen LogP contribution in [0.1, 0.15) is 76.3 Å². The minimum Gasteiger partial charge on any atom is -0.475 e. The molecule has 1 aliphatic rings. The molecule has 0 radical (unpaired) electrons. The molecular weight excluding hydrogens is 382 g/mol. The minimum absolute atomic E-state index is 0. The summed E-state index contributed by atoms with van der Waals surface area (Å²) in [6.45, 7) is 3.12. The molecular formula is C20H36ClN3O2S. The van der Waals surface area contributed by atoms with Gasteiger partial charge in [0.05, 0.1) is 18.3 Å². The van der Waals surface area contributed by atoms with E-state index < -0.39 is 0 Å². The molecule has 0 saturated carbocycles. The number of rotatable bonds is 14. The van der Waals surface area contributed by atoms with Gasteiger partial charge in [-0.2, -0.15) is 4.37 Å². The van der Waals surface area contributed by atoms with E-state index >= 15 is 0 Å². The Labute approximate surface area is 174 Å². The zero-order valence-corrected chi connectivity index (χ0v) is 18.3. The summed E-state index contributed by atoms with van der Waals surface area (Å²) in [4.78, 5) is 2.31. The molecule has 2 heterocycles. The lowest BCUT2D eigenvalue weighted by molar-refractivity contribution is 0.282. The van der Waals surface area contributed by atoms with Gasteiger partial charge in [-0.3, -0.25) is 0 Å². The maximum Gasteiger partial charge on any atom is 0.253 e. The smallest absolute Gasteiger partial charge is 0.253 e. The number of ether oxygens (including phenoxy) is 1. The average molecular weight is 418 g/mol. The van der Waals surface area contributed by atoms with Gasteiger partial charge in [0.1, 0.15) is 5.69 Å². The van der Waals surface area contributed by atoms with Crippen LogP contribution in [0.15, 0.2) is 6.08 Å². The molecule has 0 unspecified atom stereocenters. The third kappa shape index (κ3) is 9.88. The molecule has 156 valence electrons. The van der Waals surface area contributed by atoms with Crippen LogP contribution >= 0.6 is 24.1 Å². The fourth-order valence-electron chi connectivity index (χ4n) is 3.33. The molecule has 0 aromatic carbocycles. The fraction of sp³-hybridized carbons (Fsp3) is 0.800. The largest absolute Gasteiger partial charge is 0.475 e. The van der Waals surface area contributed by atoms with Crippen LogP contribution in [0.4, 0.5) is 0 Å². The van der Waals surface area contributed by atoms with Crippen LogP contribution in [0.25, 0.3) is 5.57 Å². The van der Waals surface area contributed by atoms with E-state index in [0.29, 0.717) is 6.61 Å². The van der Waals surface area contributed by atoms with Gasteiger partial charge in [0.25, 0.3) is 5.88 Å². The molecule has 1 N–H and O–H groups in total. The summed E-state index contributed by atoms with van der Waals surface area (Å²) < 4.78 is 14.7. The highest BCUT2D eigenvalue weighted by molar-refractivity contribution is 6.99. The van der Waals surface area contributed by atoms with E-state index in [1.165, 1.54) is 68.7 Å². The van der Waals surface area contributed by atoms with Crippen molar-refractivity contribution in [2.45, 2.75) is 70.6 Å². The number of aromatic nitrogens is 2. The van der Waals surface area contributed by atoms with Crippen LogP contribution in [0.5, 0.6) is 5.88 Å². The van der Waals surface area contributed by atoms with E-state index in [0.717, 1.165) is 50.5 Å². The van der Waals surface area contributed by atoms with Crippen molar-refractivity contribution in [3.63, 3.8) is 0 Å². The van der Waals surface area contributed by atoms with Crippen molar-refractivity contribution >= 4 is 29.7 Å². The highest BCUT2D eigenvalue weighted by Crippen LogP contribution is 2.27. The quantitative estimate of drug-likeness (QED) is 0.434. The summed E-state index contributed by atoms with van der Waals surface area (Å²) in [6, 6.07) is 0. The second kappa shape index (κ2) is 15.3. The number of unbranched alkanes of at least 4 members (excludes halogenated alkanes) is 9. The van der Waals surface area contributed by atoms with Gasteiger partial charge in [-0.05, 0) is 31.9 Å². The number of aliphatic hydroxyl groups excluding tert-OH is 1. The lowest BCUT2D eigenvalue weighted by atomic mass is 10.1. The first-order valence-corrected chi connectivity index (χ1v) is 11.0. The Hall–Kier alpha value is -0.690. The SMILES string of the molecule is CN1CCC=C(c2nsnc2OCCCCCCCCCCCCO)C1.Cl. The predicted molar refractivity (Wildman–Crippen MR) is 116 cm³/mol. The first-order chi connectivity index (χ1) is 12.8. The molecule has 7 heteroatoms.